The summed E-state index contributed by atoms with van der Waals surface area (Å²) in [5, 5.41) is 15.1. The number of carbonyl (C=O) groups is 2. The van der Waals surface area contributed by atoms with Crippen molar-refractivity contribution in [3.63, 3.8) is 0 Å². The van der Waals surface area contributed by atoms with Crippen molar-refractivity contribution in [2.45, 2.75) is 52.0 Å². The van der Waals surface area contributed by atoms with Gasteiger partial charge in [-0.15, -0.1) is 0 Å². The lowest BCUT2D eigenvalue weighted by atomic mass is 10.0. The van der Waals surface area contributed by atoms with Gasteiger partial charge in [-0.25, -0.2) is 14.2 Å². The van der Waals surface area contributed by atoms with E-state index < -0.39 is 23.7 Å². The normalized spacial score (nSPS) is 14.6. The molecule has 2 atom stereocenters. The lowest BCUT2D eigenvalue weighted by Gasteiger charge is -2.18. The number of hydrogen-bond donors (Lipinski definition) is 3. The van der Waals surface area contributed by atoms with Gasteiger partial charge in [-0.2, -0.15) is 0 Å². The Morgan fingerprint density at radius 2 is 2.12 bits per heavy atom. The first-order chi connectivity index (χ1) is 15.8. The highest BCUT2D eigenvalue weighted by molar-refractivity contribution is 5.97. The van der Waals surface area contributed by atoms with Crippen molar-refractivity contribution < 1.29 is 23.8 Å². The Labute approximate surface area is 193 Å². The van der Waals surface area contributed by atoms with Gasteiger partial charge in [0.1, 0.15) is 17.7 Å². The summed E-state index contributed by atoms with van der Waals surface area (Å²) in [5.41, 5.74) is 2.26. The van der Waals surface area contributed by atoms with E-state index in [0.29, 0.717) is 6.61 Å². The highest BCUT2D eigenvalue weighted by Gasteiger charge is 2.24. The Morgan fingerprint density at radius 3 is 2.88 bits per heavy atom. The van der Waals surface area contributed by atoms with Gasteiger partial charge in [0.15, 0.2) is 0 Å². The first kappa shape index (κ1) is 24.6. The number of carboxylic acids is 1. The maximum absolute atomic E-state index is 13.9. The van der Waals surface area contributed by atoms with Crippen LogP contribution in [0.5, 0.6) is 0 Å². The molecule has 9 heteroatoms. The number of ether oxygens (including phenoxy) is 1. The van der Waals surface area contributed by atoms with Crippen LogP contribution in [-0.2, 0) is 22.4 Å². The zero-order valence-corrected chi connectivity index (χ0v) is 19.1. The van der Waals surface area contributed by atoms with Crippen molar-refractivity contribution in [1.29, 1.82) is 0 Å². The number of carboxylic acid groups (broad SMARTS) is 1. The van der Waals surface area contributed by atoms with Crippen LogP contribution in [-0.4, -0.2) is 52.8 Å². The molecule has 33 heavy (non-hydrogen) atoms. The van der Waals surface area contributed by atoms with Crippen LogP contribution in [0.1, 0.15) is 53.5 Å². The third-order valence-electron chi connectivity index (χ3n) is 5.72. The van der Waals surface area contributed by atoms with Gasteiger partial charge in [0.05, 0.1) is 11.3 Å². The Bertz CT molecular complexity index is 965. The molecule has 1 amide bonds. The van der Waals surface area contributed by atoms with Crippen molar-refractivity contribution in [2.75, 3.05) is 25.1 Å². The van der Waals surface area contributed by atoms with Crippen molar-refractivity contribution in [1.82, 2.24) is 15.3 Å². The molecule has 0 aromatic carbocycles. The number of pyridine rings is 2. The summed E-state index contributed by atoms with van der Waals surface area (Å²) >= 11 is 0. The maximum atomic E-state index is 13.9. The molecule has 0 saturated heterocycles. The summed E-state index contributed by atoms with van der Waals surface area (Å²) < 4.78 is 19.6. The number of aryl methyl sites for hydroxylation is 3. The minimum atomic E-state index is -1.20. The number of amides is 1. The Kier molecular flexibility index (Phi) is 8.71. The molecule has 3 rings (SSSR count). The fraction of sp³-hybridized carbons (Fsp3) is 0.500. The number of rotatable bonds is 11. The molecule has 0 fully saturated rings. The monoisotopic (exact) mass is 458 g/mol. The zero-order chi connectivity index (χ0) is 23.8. The Balaban J connectivity index is 1.40. The van der Waals surface area contributed by atoms with Crippen molar-refractivity contribution >= 4 is 17.7 Å². The maximum Gasteiger partial charge on any atom is 0.326 e. The van der Waals surface area contributed by atoms with Gasteiger partial charge in [-0.1, -0.05) is 13.0 Å². The minimum Gasteiger partial charge on any atom is -0.480 e. The van der Waals surface area contributed by atoms with Crippen LogP contribution in [0, 0.1) is 18.7 Å². The van der Waals surface area contributed by atoms with Crippen molar-refractivity contribution in [3.8, 4) is 0 Å². The van der Waals surface area contributed by atoms with Crippen LogP contribution < -0.4 is 10.6 Å². The van der Waals surface area contributed by atoms with Gasteiger partial charge in [-0.3, -0.25) is 9.78 Å². The zero-order valence-electron chi connectivity index (χ0n) is 19.1. The standard InChI is InChI=1S/C24H31FN4O4/c1-15(5-7-18-8-6-17-4-3-11-27-22(17)28-18)14-33-13-10-20(24(31)32)29-23(30)21-16(2)26-12-9-19(21)25/h6,8-9,12,15,20H,3-5,7,10-11,13-14H2,1-2H3,(H,27,28)(H,29,30)(H,31,32)/t15-,20-/m0/s1. The molecule has 0 unspecified atom stereocenters. The van der Waals surface area contributed by atoms with E-state index in [1.807, 2.05) is 0 Å². The number of nitrogens with one attached hydrogen (secondary N) is 2. The predicted molar refractivity (Wildman–Crippen MR) is 122 cm³/mol. The lowest BCUT2D eigenvalue weighted by molar-refractivity contribution is -0.139. The Hall–Kier alpha value is -3.07. The van der Waals surface area contributed by atoms with Crippen LogP contribution >= 0.6 is 0 Å². The van der Waals surface area contributed by atoms with Gasteiger partial charge in [0.2, 0.25) is 0 Å². The molecule has 8 nitrogen and oxygen atoms in total. The van der Waals surface area contributed by atoms with E-state index in [1.54, 1.807) is 0 Å². The SMILES string of the molecule is Cc1nccc(F)c1C(=O)N[C@@H](CCOC[C@@H](C)CCc1ccc2c(n1)NCCC2)C(=O)O. The Morgan fingerprint density at radius 1 is 1.30 bits per heavy atom. The van der Waals surface area contributed by atoms with E-state index in [2.05, 4.69) is 34.7 Å². The number of hydrogen-bond acceptors (Lipinski definition) is 6. The average molecular weight is 459 g/mol. The molecule has 178 valence electrons. The second-order valence-corrected chi connectivity index (χ2v) is 8.47. The van der Waals surface area contributed by atoms with E-state index in [-0.39, 0.29) is 30.2 Å². The van der Waals surface area contributed by atoms with Gasteiger partial charge >= 0.3 is 5.97 Å². The second-order valence-electron chi connectivity index (χ2n) is 8.47. The number of aliphatic carboxylic acids is 1. The van der Waals surface area contributed by atoms with Crippen LogP contribution in [0.15, 0.2) is 24.4 Å². The number of fused-ring (bicyclic) bond motifs is 1. The van der Waals surface area contributed by atoms with E-state index in [0.717, 1.165) is 49.8 Å². The van der Waals surface area contributed by atoms with Gasteiger partial charge in [0.25, 0.3) is 5.91 Å². The number of halogens is 1. The molecule has 1 aliphatic heterocycles. The summed E-state index contributed by atoms with van der Waals surface area (Å²) in [6.45, 7) is 5.16. The molecule has 3 heterocycles. The van der Waals surface area contributed by atoms with Gasteiger partial charge in [-0.05, 0) is 56.2 Å². The molecule has 2 aromatic rings. The number of aromatic nitrogens is 2. The summed E-state index contributed by atoms with van der Waals surface area (Å²) in [6.07, 6.45) is 5.26. The molecule has 3 N–H and O–H groups in total. The molecule has 2 aromatic heterocycles. The molecular weight excluding hydrogens is 427 g/mol. The largest absolute Gasteiger partial charge is 0.480 e. The molecule has 0 spiro atoms. The van der Waals surface area contributed by atoms with E-state index >= 15 is 0 Å². The molecule has 1 aliphatic rings. The van der Waals surface area contributed by atoms with Crippen LogP contribution in [0.2, 0.25) is 0 Å². The van der Waals surface area contributed by atoms with E-state index in [9.17, 15) is 19.1 Å². The van der Waals surface area contributed by atoms with Crippen molar-refractivity contribution in [2.24, 2.45) is 5.92 Å². The smallest absolute Gasteiger partial charge is 0.326 e. The van der Waals surface area contributed by atoms with Gasteiger partial charge in [0, 0.05) is 38.1 Å². The number of nitrogens with zero attached hydrogens (tertiary/aromatic N) is 2. The summed E-state index contributed by atoms with van der Waals surface area (Å²) in [5.74, 6) is -1.48. The third kappa shape index (κ3) is 6.95. The topological polar surface area (TPSA) is 113 Å². The molecule has 0 aliphatic carbocycles. The molecule has 0 saturated carbocycles. The number of carbonyl (C=O) groups excluding carboxylic acids is 1. The van der Waals surface area contributed by atoms with Gasteiger partial charge < -0.3 is 20.5 Å². The van der Waals surface area contributed by atoms with Crippen LogP contribution in [0.4, 0.5) is 10.2 Å². The highest BCUT2D eigenvalue weighted by Crippen LogP contribution is 2.21. The van der Waals surface area contributed by atoms with E-state index in [4.69, 9.17) is 9.72 Å². The molecular formula is C24H31FN4O4. The van der Waals surface area contributed by atoms with Crippen LogP contribution in [0.3, 0.4) is 0 Å². The van der Waals surface area contributed by atoms with Crippen molar-refractivity contribution in [3.05, 3.63) is 52.7 Å². The van der Waals surface area contributed by atoms with Crippen LogP contribution in [0.25, 0.3) is 0 Å². The predicted octanol–water partition coefficient (Wildman–Crippen LogP) is 3.14. The highest BCUT2D eigenvalue weighted by atomic mass is 19.1. The quantitative estimate of drug-likeness (QED) is 0.443. The fourth-order valence-corrected chi connectivity index (χ4v) is 3.77. The average Bonchev–Trinajstić information content (AvgIpc) is 2.79. The molecule has 0 radical (unpaired) electrons. The minimum absolute atomic E-state index is 0.0762. The number of anilines is 1. The summed E-state index contributed by atoms with van der Waals surface area (Å²) in [6, 6.07) is 4.11. The first-order valence-corrected chi connectivity index (χ1v) is 11.3. The summed E-state index contributed by atoms with van der Waals surface area (Å²) in [4.78, 5) is 32.5. The lowest BCUT2D eigenvalue weighted by Crippen LogP contribution is -2.42. The summed E-state index contributed by atoms with van der Waals surface area (Å²) in [7, 11) is 0. The fourth-order valence-electron chi connectivity index (χ4n) is 3.77. The molecule has 0 bridgehead atoms. The van der Waals surface area contributed by atoms with E-state index in [1.165, 1.54) is 18.7 Å². The first-order valence-electron chi connectivity index (χ1n) is 11.3. The third-order valence-corrected chi connectivity index (χ3v) is 5.72. The second kappa shape index (κ2) is 11.7.